The zero-order chi connectivity index (χ0) is 46.2. The zero-order valence-electron chi connectivity index (χ0n) is 39.9. The van der Waals surface area contributed by atoms with E-state index in [1.165, 1.54) is 99.6 Å². The van der Waals surface area contributed by atoms with E-state index in [2.05, 4.69) is 224 Å². The number of rotatable bonds is 4. The fourth-order valence-corrected chi connectivity index (χ4v) is 13.0. The van der Waals surface area contributed by atoms with Gasteiger partial charge in [0, 0.05) is 60.4 Å². The Kier molecular flexibility index (Phi) is 7.73. The molecule has 0 aliphatic heterocycles. The van der Waals surface area contributed by atoms with Crippen molar-refractivity contribution in [3.8, 4) is 44.5 Å². The molecule has 9 aromatic carbocycles. The monoisotopic (exact) mass is 877 g/mol. The van der Waals surface area contributed by atoms with Crippen LogP contribution in [0.3, 0.4) is 0 Å². The average Bonchev–Trinajstić information content (AvgIpc) is 4.07. The maximum Gasteiger partial charge on any atom is 0.143 e. The minimum absolute atomic E-state index is 0.165. The Morgan fingerprint density at radius 3 is 1.60 bits per heavy atom. The molecule has 0 saturated carbocycles. The summed E-state index contributed by atoms with van der Waals surface area (Å²) in [5, 5.41) is 4.77. The predicted octanol–water partition coefficient (Wildman–Crippen LogP) is 18.2. The van der Waals surface area contributed by atoms with Gasteiger partial charge in [-0.25, -0.2) is 0 Å². The topological polar surface area (TPSA) is 29.5 Å². The smallest absolute Gasteiger partial charge is 0.143 e. The molecule has 0 atom stereocenters. The highest BCUT2D eigenvalue weighted by Crippen LogP contribution is 2.60. The average molecular weight is 878 g/mol. The van der Waals surface area contributed by atoms with Crippen molar-refractivity contribution in [2.75, 3.05) is 4.90 Å². The van der Waals surface area contributed by atoms with Crippen molar-refractivity contribution in [1.82, 2.24) is 0 Å². The van der Waals surface area contributed by atoms with Gasteiger partial charge in [-0.2, -0.15) is 0 Å². The van der Waals surface area contributed by atoms with Gasteiger partial charge in [0.2, 0.25) is 0 Å². The Morgan fingerprint density at radius 2 is 0.882 bits per heavy atom. The van der Waals surface area contributed by atoms with Gasteiger partial charge >= 0.3 is 0 Å². The molecule has 0 spiro atoms. The van der Waals surface area contributed by atoms with Gasteiger partial charge in [0.05, 0.1) is 0 Å². The molecule has 2 heterocycles. The lowest BCUT2D eigenvalue weighted by atomic mass is 9.79. The quantitative estimate of drug-likeness (QED) is 0.176. The highest BCUT2D eigenvalue weighted by Gasteiger charge is 2.44. The number of para-hydroxylation sites is 3. The number of fused-ring (bicyclic) bond motifs is 17. The first-order valence-electron chi connectivity index (χ1n) is 24.2. The van der Waals surface area contributed by atoms with Gasteiger partial charge in [-0.3, -0.25) is 0 Å². The lowest BCUT2D eigenvalue weighted by Gasteiger charge is -2.29. The van der Waals surface area contributed by atoms with Gasteiger partial charge in [-0.05, 0) is 159 Å². The Balaban J connectivity index is 0.925. The summed E-state index contributed by atoms with van der Waals surface area (Å²) in [4.78, 5) is 2.46. The van der Waals surface area contributed by atoms with Crippen molar-refractivity contribution >= 4 is 60.9 Å². The molecule has 0 radical (unpaired) electrons. The summed E-state index contributed by atoms with van der Waals surface area (Å²) in [7, 11) is 0. The van der Waals surface area contributed by atoms with Crippen molar-refractivity contribution < 1.29 is 8.83 Å². The summed E-state index contributed by atoms with van der Waals surface area (Å²) in [5.41, 5.74) is 27.3. The summed E-state index contributed by atoms with van der Waals surface area (Å²) in [6.45, 7) is 18.8. The SMILES string of the molecule is Cc1cc(C)cc(-c2cc3c(c4c2oc2ccccc24)-c2ccc(N(c4ccccc4)c4ccc5c(c4)C(C)(C)c4cc6c(cc4-5)C(C)(C)c4ccc5oc7ccccc7c5c4-6)cc2C3(C)C)c1. The van der Waals surface area contributed by atoms with Gasteiger partial charge < -0.3 is 13.7 Å². The molecule has 14 rings (SSSR count). The van der Waals surface area contributed by atoms with Crippen molar-refractivity contribution in [2.45, 2.75) is 71.6 Å². The van der Waals surface area contributed by atoms with Gasteiger partial charge in [-0.1, -0.05) is 144 Å². The largest absolute Gasteiger partial charge is 0.456 e. The number of anilines is 3. The van der Waals surface area contributed by atoms with E-state index < -0.39 is 0 Å². The first-order chi connectivity index (χ1) is 32.8. The number of hydrogen-bond acceptors (Lipinski definition) is 3. The van der Waals surface area contributed by atoms with Crippen molar-refractivity contribution in [3.05, 3.63) is 208 Å². The molecule has 3 aliphatic rings. The van der Waals surface area contributed by atoms with Crippen LogP contribution in [0.15, 0.2) is 173 Å². The first kappa shape index (κ1) is 39.5. The van der Waals surface area contributed by atoms with Gasteiger partial charge in [0.25, 0.3) is 0 Å². The molecule has 3 nitrogen and oxygen atoms in total. The number of hydrogen-bond donors (Lipinski definition) is 0. The van der Waals surface area contributed by atoms with E-state index >= 15 is 0 Å². The minimum Gasteiger partial charge on any atom is -0.456 e. The molecule has 3 heteroatoms. The van der Waals surface area contributed by atoms with Crippen LogP contribution < -0.4 is 4.90 Å². The molecule has 0 bridgehead atoms. The van der Waals surface area contributed by atoms with E-state index in [0.717, 1.165) is 50.3 Å². The van der Waals surface area contributed by atoms with Crippen molar-refractivity contribution in [3.63, 3.8) is 0 Å². The minimum atomic E-state index is -0.286. The molecule has 2 aromatic heterocycles. The summed E-state index contributed by atoms with van der Waals surface area (Å²) in [6.07, 6.45) is 0. The maximum atomic E-state index is 6.85. The third-order valence-electron chi connectivity index (χ3n) is 16.3. The maximum absolute atomic E-state index is 6.85. The van der Waals surface area contributed by atoms with E-state index in [1.807, 2.05) is 0 Å². The molecule has 0 N–H and O–H groups in total. The van der Waals surface area contributed by atoms with E-state index in [4.69, 9.17) is 8.83 Å². The normalized spacial score (nSPS) is 15.4. The van der Waals surface area contributed by atoms with Crippen LogP contribution in [0.25, 0.3) is 88.4 Å². The summed E-state index contributed by atoms with van der Waals surface area (Å²) in [5.74, 6) is 0. The Morgan fingerprint density at radius 1 is 0.353 bits per heavy atom. The molecule has 0 saturated heterocycles. The van der Waals surface area contributed by atoms with Crippen molar-refractivity contribution in [1.29, 1.82) is 0 Å². The van der Waals surface area contributed by atoms with Crippen LogP contribution in [-0.2, 0) is 16.2 Å². The molecule has 3 aliphatic carbocycles. The third kappa shape index (κ3) is 5.14. The van der Waals surface area contributed by atoms with Crippen LogP contribution in [0.1, 0.15) is 86.1 Å². The second-order valence-corrected chi connectivity index (χ2v) is 21.4. The van der Waals surface area contributed by atoms with Gasteiger partial charge in [0.1, 0.15) is 22.3 Å². The fourth-order valence-electron chi connectivity index (χ4n) is 13.0. The number of nitrogens with zero attached hydrogens (tertiary/aromatic N) is 1. The van der Waals surface area contributed by atoms with Crippen LogP contribution in [0.5, 0.6) is 0 Å². The van der Waals surface area contributed by atoms with E-state index in [0.29, 0.717) is 0 Å². The van der Waals surface area contributed by atoms with Gasteiger partial charge in [0.15, 0.2) is 0 Å². The molecule has 0 unspecified atom stereocenters. The second kappa shape index (κ2) is 13.3. The number of furan rings is 2. The summed E-state index contributed by atoms with van der Waals surface area (Å²) in [6, 6.07) is 61.1. The Labute approximate surface area is 397 Å². The zero-order valence-corrected chi connectivity index (χ0v) is 39.9. The van der Waals surface area contributed by atoms with E-state index in [9.17, 15) is 0 Å². The highest BCUT2D eigenvalue weighted by atomic mass is 16.3. The Bertz CT molecular complexity index is 4000. The van der Waals surface area contributed by atoms with E-state index in [-0.39, 0.29) is 16.2 Å². The number of aryl methyl sites for hydroxylation is 2. The van der Waals surface area contributed by atoms with E-state index in [1.54, 1.807) is 0 Å². The molecule has 11 aromatic rings. The van der Waals surface area contributed by atoms with Crippen LogP contribution in [-0.4, -0.2) is 0 Å². The van der Waals surface area contributed by atoms with Crippen molar-refractivity contribution in [2.24, 2.45) is 0 Å². The van der Waals surface area contributed by atoms with Crippen LogP contribution in [0, 0.1) is 13.8 Å². The van der Waals surface area contributed by atoms with Crippen LogP contribution in [0.4, 0.5) is 17.1 Å². The summed E-state index contributed by atoms with van der Waals surface area (Å²) >= 11 is 0. The number of benzene rings is 9. The first-order valence-corrected chi connectivity index (χ1v) is 24.2. The molecule has 0 amide bonds. The van der Waals surface area contributed by atoms with Crippen LogP contribution >= 0.6 is 0 Å². The van der Waals surface area contributed by atoms with Crippen LogP contribution in [0.2, 0.25) is 0 Å². The molecule has 68 heavy (non-hydrogen) atoms. The molecular weight excluding hydrogens is 827 g/mol. The third-order valence-corrected chi connectivity index (χ3v) is 16.3. The predicted molar refractivity (Wildman–Crippen MR) is 283 cm³/mol. The van der Waals surface area contributed by atoms with Gasteiger partial charge in [-0.15, -0.1) is 0 Å². The lowest BCUT2D eigenvalue weighted by molar-refractivity contribution is 0.651. The molecule has 0 fully saturated rings. The Hall–Kier alpha value is -7.62. The lowest BCUT2D eigenvalue weighted by Crippen LogP contribution is -2.18. The fraction of sp³-hybridized carbons (Fsp3) is 0.169. The second-order valence-electron chi connectivity index (χ2n) is 21.4. The summed E-state index contributed by atoms with van der Waals surface area (Å²) < 4.78 is 13.3. The molecule has 328 valence electrons. The molecular formula is C65H51NO2. The standard InChI is InChI=1S/C65H51NO2/c1-36-28-37(2)30-38(29-36)46-33-54-58(61-45-19-13-15-21-56(45)68-62(46)61)43-25-23-41(32-51(43)65(54,7)8)66(39-16-10-9-11-17-39)40-22-24-42-47-34-53-48(35-52(47)64(5,6)50(42)31-40)59-49(63(53,3)4)26-27-57-60(59)44-18-12-14-20-55(44)67-57/h9-35H,1-8H3. The highest BCUT2D eigenvalue weighted by molar-refractivity contribution is 6.19.